The largest absolute Gasteiger partial charge is 0.494 e. The summed E-state index contributed by atoms with van der Waals surface area (Å²) < 4.78 is 11.4. The molecule has 2 aromatic heterocycles. The van der Waals surface area contributed by atoms with Gasteiger partial charge in [-0.2, -0.15) is 4.98 Å². The second-order valence-corrected chi connectivity index (χ2v) is 10.3. The van der Waals surface area contributed by atoms with E-state index in [1.165, 1.54) is 32.1 Å². The lowest BCUT2D eigenvalue weighted by atomic mass is 9.53. The molecule has 0 amide bonds. The second-order valence-electron chi connectivity index (χ2n) is 10.3. The van der Waals surface area contributed by atoms with E-state index < -0.39 is 0 Å². The Kier molecular flexibility index (Phi) is 5.11. The zero-order chi connectivity index (χ0) is 22.3. The second kappa shape index (κ2) is 8.15. The number of nitrogens with one attached hydrogen (secondary N) is 1. The van der Waals surface area contributed by atoms with Gasteiger partial charge < -0.3 is 14.6 Å². The molecule has 172 valence electrons. The monoisotopic (exact) mass is 444 g/mol. The fourth-order valence-corrected chi connectivity index (χ4v) is 5.71. The number of anilines is 1. The van der Waals surface area contributed by atoms with Crippen LogP contribution in [0.2, 0.25) is 0 Å². The van der Waals surface area contributed by atoms with Gasteiger partial charge in [0.05, 0.1) is 12.3 Å². The third-order valence-electron chi connectivity index (χ3n) is 8.11. The highest BCUT2D eigenvalue weighted by atomic mass is 16.5. The summed E-state index contributed by atoms with van der Waals surface area (Å²) in [5, 5.41) is 8.04. The Morgan fingerprint density at radius 3 is 2.64 bits per heavy atom. The number of rotatable bonds is 8. The van der Waals surface area contributed by atoms with E-state index in [-0.39, 0.29) is 5.41 Å². The van der Waals surface area contributed by atoms with Crippen molar-refractivity contribution in [2.45, 2.75) is 69.6 Å². The fourth-order valence-electron chi connectivity index (χ4n) is 5.71. The maximum atomic E-state index is 5.77. The van der Waals surface area contributed by atoms with E-state index in [2.05, 4.69) is 39.7 Å². The van der Waals surface area contributed by atoms with Gasteiger partial charge in [-0.15, -0.1) is 0 Å². The van der Waals surface area contributed by atoms with Crippen LogP contribution in [0, 0.1) is 5.41 Å². The molecule has 0 unspecified atom stereocenters. The molecule has 1 N–H and O–H groups in total. The van der Waals surface area contributed by atoms with E-state index in [1.807, 2.05) is 25.3 Å². The third-order valence-corrected chi connectivity index (χ3v) is 8.11. The van der Waals surface area contributed by atoms with E-state index in [9.17, 15) is 0 Å². The fraction of sp³-hybridized carbons (Fsp3) is 0.519. The Hall–Kier alpha value is -2.89. The first-order valence-corrected chi connectivity index (χ1v) is 12.4. The standard InChI is InChI=1S/C27H32N4O2/c1-2-32-22-8-15-28-23(17-22)20-4-3-5-21(16-20)29-18-26-9-12-27(13-10-26,14-11-26)25-30-24(31-33-25)19-6-7-19/h3-5,8,15-17,19,29H,2,6-7,9-14,18H2,1H3. The molecule has 0 spiro atoms. The summed E-state index contributed by atoms with van der Waals surface area (Å²) in [6.07, 6.45) is 11.4. The van der Waals surface area contributed by atoms with Crippen molar-refractivity contribution in [3.63, 3.8) is 0 Å². The van der Waals surface area contributed by atoms with Gasteiger partial charge in [-0.25, -0.2) is 0 Å². The molecule has 2 bridgehead atoms. The van der Waals surface area contributed by atoms with Crippen molar-refractivity contribution in [3.05, 3.63) is 54.3 Å². The van der Waals surface area contributed by atoms with Crippen LogP contribution in [0.1, 0.15) is 75.9 Å². The third kappa shape index (κ3) is 4.00. The molecule has 33 heavy (non-hydrogen) atoms. The molecular weight excluding hydrogens is 412 g/mol. The first kappa shape index (κ1) is 20.7. The van der Waals surface area contributed by atoms with Crippen LogP contribution in [0.25, 0.3) is 11.3 Å². The molecule has 1 aromatic carbocycles. The Balaban J connectivity index is 1.11. The van der Waals surface area contributed by atoms with Crippen molar-refractivity contribution in [1.29, 1.82) is 0 Å². The van der Waals surface area contributed by atoms with Crippen molar-refractivity contribution in [2.24, 2.45) is 5.41 Å². The minimum Gasteiger partial charge on any atom is -0.494 e. The van der Waals surface area contributed by atoms with Gasteiger partial charge in [0.15, 0.2) is 5.82 Å². The average molecular weight is 445 g/mol. The van der Waals surface area contributed by atoms with E-state index >= 15 is 0 Å². The lowest BCUT2D eigenvalue weighted by molar-refractivity contribution is 0.0322. The molecule has 4 aliphatic carbocycles. The Morgan fingerprint density at radius 1 is 1.06 bits per heavy atom. The maximum Gasteiger partial charge on any atom is 0.232 e. The van der Waals surface area contributed by atoms with Gasteiger partial charge >= 0.3 is 0 Å². The quantitative estimate of drug-likeness (QED) is 0.452. The highest BCUT2D eigenvalue weighted by Crippen LogP contribution is 2.57. The zero-order valence-corrected chi connectivity index (χ0v) is 19.3. The smallest absolute Gasteiger partial charge is 0.232 e. The minimum absolute atomic E-state index is 0.124. The predicted octanol–water partition coefficient (Wildman–Crippen LogP) is 6.11. The van der Waals surface area contributed by atoms with Crippen LogP contribution in [0.5, 0.6) is 5.75 Å². The molecule has 3 aromatic rings. The van der Waals surface area contributed by atoms with Gasteiger partial charge in [0.25, 0.3) is 0 Å². The van der Waals surface area contributed by atoms with Crippen LogP contribution in [0.4, 0.5) is 5.69 Å². The number of ether oxygens (including phenoxy) is 1. The van der Waals surface area contributed by atoms with Gasteiger partial charge in [0.2, 0.25) is 5.89 Å². The summed E-state index contributed by atoms with van der Waals surface area (Å²) in [5.41, 5.74) is 3.68. The van der Waals surface area contributed by atoms with Gasteiger partial charge in [0.1, 0.15) is 5.75 Å². The molecule has 4 aliphatic rings. The van der Waals surface area contributed by atoms with Crippen molar-refractivity contribution >= 4 is 5.69 Å². The molecule has 0 aliphatic heterocycles. The number of hydrogen-bond donors (Lipinski definition) is 1. The summed E-state index contributed by atoms with van der Waals surface area (Å²) >= 11 is 0. The summed E-state index contributed by atoms with van der Waals surface area (Å²) in [5.74, 6) is 3.28. The zero-order valence-electron chi connectivity index (χ0n) is 19.3. The minimum atomic E-state index is 0.124. The molecule has 6 nitrogen and oxygen atoms in total. The van der Waals surface area contributed by atoms with Gasteiger partial charge in [0, 0.05) is 41.4 Å². The number of nitrogens with zero attached hydrogens (tertiary/aromatic N) is 3. The van der Waals surface area contributed by atoms with Gasteiger partial charge in [-0.1, -0.05) is 17.3 Å². The maximum absolute atomic E-state index is 5.77. The highest BCUT2D eigenvalue weighted by molar-refractivity contribution is 5.66. The topological polar surface area (TPSA) is 73.1 Å². The molecule has 4 fully saturated rings. The normalized spacial score (nSPS) is 26.3. The van der Waals surface area contributed by atoms with Gasteiger partial charge in [-0.3, -0.25) is 4.98 Å². The number of aromatic nitrogens is 3. The number of pyridine rings is 1. The van der Waals surface area contributed by atoms with Crippen LogP contribution in [0.3, 0.4) is 0 Å². The first-order valence-electron chi connectivity index (χ1n) is 12.4. The number of benzene rings is 1. The van der Waals surface area contributed by atoms with Crippen molar-refractivity contribution < 1.29 is 9.26 Å². The van der Waals surface area contributed by atoms with Crippen molar-refractivity contribution in [1.82, 2.24) is 15.1 Å². The highest BCUT2D eigenvalue weighted by Gasteiger charge is 2.52. The Bertz CT molecular complexity index is 1110. The van der Waals surface area contributed by atoms with Crippen LogP contribution >= 0.6 is 0 Å². The summed E-state index contributed by atoms with van der Waals surface area (Å²) in [7, 11) is 0. The molecular formula is C27H32N4O2. The van der Waals surface area contributed by atoms with Crippen LogP contribution in [0.15, 0.2) is 47.1 Å². The molecule has 0 radical (unpaired) electrons. The average Bonchev–Trinajstić information content (AvgIpc) is 3.60. The first-order chi connectivity index (χ1) is 16.2. The Morgan fingerprint density at radius 2 is 1.88 bits per heavy atom. The Labute approximate surface area is 195 Å². The lowest BCUT2D eigenvalue weighted by Gasteiger charge is -2.52. The van der Waals surface area contributed by atoms with E-state index in [4.69, 9.17) is 14.2 Å². The lowest BCUT2D eigenvalue weighted by Crippen LogP contribution is -2.47. The van der Waals surface area contributed by atoms with Crippen molar-refractivity contribution in [2.75, 3.05) is 18.5 Å². The molecule has 0 saturated heterocycles. The van der Waals surface area contributed by atoms with E-state index in [0.29, 0.717) is 17.9 Å². The van der Waals surface area contributed by atoms with Crippen LogP contribution < -0.4 is 10.1 Å². The molecule has 7 rings (SSSR count). The van der Waals surface area contributed by atoms with E-state index in [0.717, 1.165) is 60.2 Å². The summed E-state index contributed by atoms with van der Waals surface area (Å²) in [6.45, 7) is 3.66. The van der Waals surface area contributed by atoms with E-state index in [1.54, 1.807) is 0 Å². The summed E-state index contributed by atoms with van der Waals surface area (Å²) in [6, 6.07) is 12.5. The number of fused-ring (bicyclic) bond motifs is 3. The summed E-state index contributed by atoms with van der Waals surface area (Å²) in [4.78, 5) is 9.37. The SMILES string of the molecule is CCOc1ccnc(-c2cccc(NCC34CCC(c5nc(C6CC6)no5)(CC3)CC4)c2)c1. The van der Waals surface area contributed by atoms with Crippen LogP contribution in [-0.4, -0.2) is 28.3 Å². The molecule has 6 heteroatoms. The van der Waals surface area contributed by atoms with Crippen molar-refractivity contribution in [3.8, 4) is 17.0 Å². The van der Waals surface area contributed by atoms with Gasteiger partial charge in [-0.05, 0) is 81.9 Å². The predicted molar refractivity (Wildman–Crippen MR) is 127 cm³/mol. The van der Waals surface area contributed by atoms with Crippen LogP contribution in [-0.2, 0) is 5.41 Å². The molecule has 2 heterocycles. The molecule has 0 atom stereocenters. The number of hydrogen-bond acceptors (Lipinski definition) is 6. The molecule has 4 saturated carbocycles.